The number of aryl methyl sites for hydroxylation is 1. The summed E-state index contributed by atoms with van der Waals surface area (Å²) >= 11 is 0. The van der Waals surface area contributed by atoms with Crippen LogP contribution in [0, 0.1) is 0 Å². The van der Waals surface area contributed by atoms with Crippen LogP contribution < -0.4 is 5.46 Å². The summed E-state index contributed by atoms with van der Waals surface area (Å²) in [7, 11) is -0.204. The first kappa shape index (κ1) is 25.4. The van der Waals surface area contributed by atoms with Crippen molar-refractivity contribution in [3.63, 3.8) is 0 Å². The molecule has 30 heavy (non-hydrogen) atoms. The molecular weight excluding hydrogens is 369 g/mol. The zero-order valence-electron chi connectivity index (χ0n) is 19.9. The second-order valence-electron chi connectivity index (χ2n) is 8.94. The lowest BCUT2D eigenvalue weighted by Crippen LogP contribution is -2.44. The van der Waals surface area contributed by atoms with E-state index in [9.17, 15) is 0 Å². The standard InChI is InChI=1S/C26H46BNO2/c1-3-5-7-8-9-10-11-12-13-14-20-28-21-23-29-27(30-24-22-28)26-18-16-25(17-19-26)15-6-4-2/h16-19H,3-15,20-24H2,1-2H3. The Kier molecular flexibility index (Phi) is 14.2. The third-order valence-electron chi connectivity index (χ3n) is 6.25. The first-order chi connectivity index (χ1) is 14.8. The molecule has 0 amide bonds. The summed E-state index contributed by atoms with van der Waals surface area (Å²) in [5.41, 5.74) is 2.56. The first-order valence-electron chi connectivity index (χ1n) is 12.9. The van der Waals surface area contributed by atoms with E-state index in [2.05, 4.69) is 43.0 Å². The molecule has 3 nitrogen and oxygen atoms in total. The van der Waals surface area contributed by atoms with Crippen molar-refractivity contribution in [2.75, 3.05) is 32.8 Å². The van der Waals surface area contributed by atoms with Gasteiger partial charge in [0.1, 0.15) is 0 Å². The fraction of sp³-hybridized carbons (Fsp3) is 0.769. The number of unbranched alkanes of at least 4 members (excludes halogenated alkanes) is 10. The molecule has 1 aliphatic rings. The molecule has 170 valence electrons. The normalized spacial score (nSPS) is 15.9. The molecule has 1 saturated heterocycles. The lowest BCUT2D eigenvalue weighted by atomic mass is 9.78. The highest BCUT2D eigenvalue weighted by atomic mass is 16.6. The molecule has 1 fully saturated rings. The lowest BCUT2D eigenvalue weighted by Gasteiger charge is -2.27. The Morgan fingerprint density at radius 2 is 1.23 bits per heavy atom. The van der Waals surface area contributed by atoms with E-state index in [1.165, 1.54) is 89.2 Å². The second kappa shape index (κ2) is 16.8. The summed E-state index contributed by atoms with van der Waals surface area (Å²) in [5, 5.41) is 0. The zero-order valence-corrected chi connectivity index (χ0v) is 19.9. The Labute approximate surface area is 187 Å². The minimum Gasteiger partial charge on any atom is -0.406 e. The molecule has 1 aromatic rings. The van der Waals surface area contributed by atoms with Crippen LogP contribution in [0.3, 0.4) is 0 Å². The molecule has 1 aromatic carbocycles. The largest absolute Gasteiger partial charge is 0.493 e. The fourth-order valence-electron chi connectivity index (χ4n) is 4.20. The van der Waals surface area contributed by atoms with Gasteiger partial charge in [0.05, 0.1) is 0 Å². The van der Waals surface area contributed by atoms with Crippen LogP contribution in [0.1, 0.15) is 96.5 Å². The SMILES string of the molecule is CCCCCCCCCCCCN1CCOB(c2ccc(CCCC)cc2)OCC1. The monoisotopic (exact) mass is 415 g/mol. The Morgan fingerprint density at radius 1 is 0.700 bits per heavy atom. The maximum atomic E-state index is 6.06. The molecule has 0 aromatic heterocycles. The van der Waals surface area contributed by atoms with Crippen LogP contribution in [0.25, 0.3) is 0 Å². The predicted molar refractivity (Wildman–Crippen MR) is 131 cm³/mol. The molecule has 0 saturated carbocycles. The van der Waals surface area contributed by atoms with Gasteiger partial charge in [-0.3, -0.25) is 4.90 Å². The summed E-state index contributed by atoms with van der Waals surface area (Å²) in [4.78, 5) is 2.51. The van der Waals surface area contributed by atoms with Gasteiger partial charge in [0.2, 0.25) is 0 Å². The van der Waals surface area contributed by atoms with Crippen molar-refractivity contribution in [3.05, 3.63) is 29.8 Å². The summed E-state index contributed by atoms with van der Waals surface area (Å²) in [6.07, 6.45) is 17.6. The number of rotatable bonds is 15. The summed E-state index contributed by atoms with van der Waals surface area (Å²) in [6, 6.07) is 8.82. The fourth-order valence-corrected chi connectivity index (χ4v) is 4.20. The van der Waals surface area contributed by atoms with Crippen LogP contribution in [-0.2, 0) is 15.7 Å². The molecule has 0 radical (unpaired) electrons. The van der Waals surface area contributed by atoms with Gasteiger partial charge in [0, 0.05) is 26.3 Å². The van der Waals surface area contributed by atoms with Gasteiger partial charge in [0.15, 0.2) is 0 Å². The molecule has 0 spiro atoms. The van der Waals surface area contributed by atoms with E-state index in [4.69, 9.17) is 9.31 Å². The van der Waals surface area contributed by atoms with Gasteiger partial charge in [-0.25, -0.2) is 0 Å². The summed E-state index contributed by atoms with van der Waals surface area (Å²) < 4.78 is 12.1. The zero-order chi connectivity index (χ0) is 21.3. The van der Waals surface area contributed by atoms with E-state index in [0.717, 1.165) is 38.2 Å². The van der Waals surface area contributed by atoms with Crippen molar-refractivity contribution in [3.8, 4) is 0 Å². The van der Waals surface area contributed by atoms with Gasteiger partial charge >= 0.3 is 7.12 Å². The molecule has 0 atom stereocenters. The average molecular weight is 415 g/mol. The van der Waals surface area contributed by atoms with Crippen molar-refractivity contribution >= 4 is 12.6 Å². The Bertz CT molecular complexity index is 512. The molecule has 4 heteroatoms. The Balaban J connectivity index is 1.54. The molecule has 1 aliphatic heterocycles. The molecular formula is C26H46BNO2. The maximum Gasteiger partial charge on any atom is 0.493 e. The van der Waals surface area contributed by atoms with Crippen LogP contribution in [0.2, 0.25) is 0 Å². The number of benzene rings is 1. The van der Waals surface area contributed by atoms with Gasteiger partial charge in [-0.15, -0.1) is 0 Å². The predicted octanol–water partition coefficient (Wildman–Crippen LogP) is 5.99. The smallest absolute Gasteiger partial charge is 0.406 e. The van der Waals surface area contributed by atoms with Crippen LogP contribution in [0.4, 0.5) is 0 Å². The quantitative estimate of drug-likeness (QED) is 0.259. The summed E-state index contributed by atoms with van der Waals surface area (Å²) in [6.45, 7) is 9.25. The minimum atomic E-state index is -0.204. The summed E-state index contributed by atoms with van der Waals surface area (Å²) in [5.74, 6) is 0. The molecule has 0 unspecified atom stereocenters. The van der Waals surface area contributed by atoms with Gasteiger partial charge in [0.25, 0.3) is 0 Å². The van der Waals surface area contributed by atoms with Crippen LogP contribution in [0.15, 0.2) is 24.3 Å². The molecule has 1 heterocycles. The highest BCUT2D eigenvalue weighted by Crippen LogP contribution is 2.11. The highest BCUT2D eigenvalue weighted by Gasteiger charge is 2.23. The number of hydrogen-bond acceptors (Lipinski definition) is 3. The highest BCUT2D eigenvalue weighted by molar-refractivity contribution is 6.61. The van der Waals surface area contributed by atoms with E-state index in [-0.39, 0.29) is 7.12 Å². The second-order valence-corrected chi connectivity index (χ2v) is 8.94. The van der Waals surface area contributed by atoms with Crippen LogP contribution in [-0.4, -0.2) is 44.9 Å². The van der Waals surface area contributed by atoms with Crippen LogP contribution in [0.5, 0.6) is 0 Å². The van der Waals surface area contributed by atoms with Gasteiger partial charge in [-0.2, -0.15) is 0 Å². The van der Waals surface area contributed by atoms with Gasteiger partial charge in [-0.05, 0) is 36.8 Å². The van der Waals surface area contributed by atoms with Crippen molar-refractivity contribution in [1.82, 2.24) is 4.90 Å². The van der Waals surface area contributed by atoms with Gasteiger partial charge < -0.3 is 9.31 Å². The molecule has 0 bridgehead atoms. The third-order valence-corrected chi connectivity index (χ3v) is 6.25. The molecule has 0 aliphatic carbocycles. The van der Waals surface area contributed by atoms with Crippen molar-refractivity contribution in [2.45, 2.75) is 97.3 Å². The van der Waals surface area contributed by atoms with E-state index in [0.29, 0.717) is 0 Å². The topological polar surface area (TPSA) is 21.7 Å². The molecule has 2 rings (SSSR count). The van der Waals surface area contributed by atoms with E-state index >= 15 is 0 Å². The first-order valence-corrected chi connectivity index (χ1v) is 12.9. The van der Waals surface area contributed by atoms with Gasteiger partial charge in [-0.1, -0.05) is 102 Å². The van der Waals surface area contributed by atoms with E-state index in [1.807, 2.05) is 0 Å². The van der Waals surface area contributed by atoms with Crippen LogP contribution >= 0.6 is 0 Å². The number of hydrogen-bond donors (Lipinski definition) is 0. The van der Waals surface area contributed by atoms with E-state index in [1.54, 1.807) is 0 Å². The Morgan fingerprint density at radius 3 is 1.80 bits per heavy atom. The number of nitrogens with zero attached hydrogens (tertiary/aromatic N) is 1. The third kappa shape index (κ3) is 11.0. The lowest BCUT2D eigenvalue weighted by molar-refractivity contribution is 0.115. The van der Waals surface area contributed by atoms with Crippen molar-refractivity contribution < 1.29 is 9.31 Å². The average Bonchev–Trinajstić information content (AvgIpc) is 2.75. The van der Waals surface area contributed by atoms with Crippen molar-refractivity contribution in [2.24, 2.45) is 0 Å². The van der Waals surface area contributed by atoms with E-state index < -0.39 is 0 Å². The Hall–Kier alpha value is -0.835. The maximum absolute atomic E-state index is 6.06. The minimum absolute atomic E-state index is 0.204. The molecule has 0 N–H and O–H groups in total. The van der Waals surface area contributed by atoms with Crippen molar-refractivity contribution in [1.29, 1.82) is 0 Å².